The fraction of sp³-hybridized carbons (Fsp3) is 0.750. The Morgan fingerprint density at radius 1 is 1.63 bits per heavy atom. The molecule has 1 saturated heterocycles. The van der Waals surface area contributed by atoms with Crippen molar-refractivity contribution in [3.05, 3.63) is 0 Å². The van der Waals surface area contributed by atoms with Gasteiger partial charge in [-0.2, -0.15) is 17.0 Å². The van der Waals surface area contributed by atoms with E-state index in [-0.39, 0.29) is 24.4 Å². The van der Waals surface area contributed by atoms with E-state index in [1.807, 2.05) is 0 Å². The first-order chi connectivity index (χ1) is 8.95. The molecule has 1 heterocycles. The van der Waals surface area contributed by atoms with Gasteiger partial charge in [0.25, 0.3) is 0 Å². The SMILES string of the molecule is CC(C#N)CN(C)C(=O)N1CCSCC1CC(=O)O. The fourth-order valence-corrected chi connectivity index (χ4v) is 3.09. The van der Waals surface area contributed by atoms with Crippen molar-refractivity contribution >= 4 is 23.8 Å². The molecule has 0 spiro atoms. The van der Waals surface area contributed by atoms with Crippen molar-refractivity contribution in [1.29, 1.82) is 5.26 Å². The zero-order valence-corrected chi connectivity index (χ0v) is 12.0. The molecule has 7 heteroatoms. The summed E-state index contributed by atoms with van der Waals surface area (Å²) in [4.78, 5) is 26.2. The second kappa shape index (κ2) is 7.24. The minimum Gasteiger partial charge on any atom is -0.481 e. The number of aliphatic carboxylic acids is 1. The molecule has 0 aliphatic carbocycles. The average molecular weight is 285 g/mol. The number of rotatable bonds is 4. The van der Waals surface area contributed by atoms with Gasteiger partial charge in [-0.1, -0.05) is 0 Å². The molecule has 0 aromatic carbocycles. The fourth-order valence-electron chi connectivity index (χ4n) is 2.03. The van der Waals surface area contributed by atoms with Gasteiger partial charge in [0.2, 0.25) is 0 Å². The van der Waals surface area contributed by atoms with Crippen LogP contribution in [0.4, 0.5) is 4.79 Å². The van der Waals surface area contributed by atoms with Crippen LogP contribution < -0.4 is 0 Å². The van der Waals surface area contributed by atoms with Gasteiger partial charge in [-0.25, -0.2) is 4.79 Å². The van der Waals surface area contributed by atoms with Crippen molar-refractivity contribution in [3.63, 3.8) is 0 Å². The average Bonchev–Trinajstić information content (AvgIpc) is 2.37. The Morgan fingerprint density at radius 3 is 2.89 bits per heavy atom. The number of amides is 2. The van der Waals surface area contributed by atoms with Crippen molar-refractivity contribution < 1.29 is 14.7 Å². The van der Waals surface area contributed by atoms with E-state index in [1.54, 1.807) is 30.6 Å². The summed E-state index contributed by atoms with van der Waals surface area (Å²) in [6.07, 6.45) is -0.0274. The lowest BCUT2D eigenvalue weighted by atomic mass is 10.2. The summed E-state index contributed by atoms with van der Waals surface area (Å²) in [7, 11) is 1.65. The number of carbonyl (C=O) groups is 2. The smallest absolute Gasteiger partial charge is 0.320 e. The summed E-state index contributed by atoms with van der Waals surface area (Å²) in [5, 5.41) is 17.6. The number of carbonyl (C=O) groups excluding carboxylic acids is 1. The molecule has 1 rings (SSSR count). The molecule has 1 aliphatic rings. The topological polar surface area (TPSA) is 84.6 Å². The van der Waals surface area contributed by atoms with E-state index in [2.05, 4.69) is 6.07 Å². The van der Waals surface area contributed by atoms with Gasteiger partial charge in [0.05, 0.1) is 24.4 Å². The maximum Gasteiger partial charge on any atom is 0.320 e. The van der Waals surface area contributed by atoms with Gasteiger partial charge in [-0.3, -0.25) is 4.79 Å². The van der Waals surface area contributed by atoms with Crippen molar-refractivity contribution in [2.75, 3.05) is 31.6 Å². The molecular weight excluding hydrogens is 266 g/mol. The molecular formula is C12H19N3O3S. The number of carboxylic acid groups (broad SMARTS) is 1. The van der Waals surface area contributed by atoms with Gasteiger partial charge in [-0.05, 0) is 6.92 Å². The molecule has 0 bridgehead atoms. The Kier molecular flexibility index (Phi) is 5.96. The second-order valence-electron chi connectivity index (χ2n) is 4.71. The quantitative estimate of drug-likeness (QED) is 0.835. The summed E-state index contributed by atoms with van der Waals surface area (Å²) in [5.41, 5.74) is 0. The monoisotopic (exact) mass is 285 g/mol. The molecule has 1 fully saturated rings. The first-order valence-electron chi connectivity index (χ1n) is 6.16. The largest absolute Gasteiger partial charge is 0.481 e. The Balaban J connectivity index is 2.66. The normalized spacial score (nSPS) is 20.5. The first kappa shape index (κ1) is 15.6. The number of nitrogens with zero attached hydrogens (tertiary/aromatic N) is 3. The third kappa shape index (κ3) is 4.63. The molecule has 0 radical (unpaired) electrons. The van der Waals surface area contributed by atoms with Gasteiger partial charge < -0.3 is 14.9 Å². The predicted molar refractivity (Wildman–Crippen MR) is 72.9 cm³/mol. The number of hydrogen-bond donors (Lipinski definition) is 1. The Labute approximate surface area is 117 Å². The summed E-state index contributed by atoms with van der Waals surface area (Å²) in [5.74, 6) is 0.354. The molecule has 1 aliphatic heterocycles. The van der Waals surface area contributed by atoms with Crippen molar-refractivity contribution in [1.82, 2.24) is 9.80 Å². The van der Waals surface area contributed by atoms with Crippen molar-refractivity contribution in [2.24, 2.45) is 5.92 Å². The van der Waals surface area contributed by atoms with Crippen LogP contribution in [-0.2, 0) is 4.79 Å². The number of carboxylic acids is 1. The lowest BCUT2D eigenvalue weighted by Gasteiger charge is -2.37. The highest BCUT2D eigenvalue weighted by Crippen LogP contribution is 2.20. The van der Waals surface area contributed by atoms with Crippen LogP contribution in [-0.4, -0.2) is 64.6 Å². The number of nitriles is 1. The number of urea groups is 1. The lowest BCUT2D eigenvalue weighted by molar-refractivity contribution is -0.138. The van der Waals surface area contributed by atoms with Crippen LogP contribution in [0, 0.1) is 17.2 Å². The molecule has 6 nitrogen and oxygen atoms in total. The molecule has 0 aromatic rings. The zero-order chi connectivity index (χ0) is 14.4. The van der Waals surface area contributed by atoms with E-state index in [0.29, 0.717) is 18.8 Å². The Hall–Kier alpha value is -1.42. The van der Waals surface area contributed by atoms with Gasteiger partial charge in [0.1, 0.15) is 0 Å². The van der Waals surface area contributed by atoms with Crippen LogP contribution in [0.1, 0.15) is 13.3 Å². The molecule has 2 unspecified atom stereocenters. The summed E-state index contributed by atoms with van der Waals surface area (Å²) >= 11 is 1.67. The highest BCUT2D eigenvalue weighted by molar-refractivity contribution is 7.99. The molecule has 1 N–H and O–H groups in total. The summed E-state index contributed by atoms with van der Waals surface area (Å²) in [6, 6.07) is 1.64. The van der Waals surface area contributed by atoms with E-state index < -0.39 is 5.97 Å². The minimum atomic E-state index is -0.890. The first-order valence-corrected chi connectivity index (χ1v) is 7.32. The van der Waals surface area contributed by atoms with Crippen LogP contribution >= 0.6 is 11.8 Å². The second-order valence-corrected chi connectivity index (χ2v) is 5.86. The van der Waals surface area contributed by atoms with Gasteiger partial charge in [0.15, 0.2) is 0 Å². The van der Waals surface area contributed by atoms with Crippen LogP contribution in [0.5, 0.6) is 0 Å². The maximum atomic E-state index is 12.3. The molecule has 19 heavy (non-hydrogen) atoms. The molecule has 0 aromatic heterocycles. The standard InChI is InChI=1S/C12H19N3O3S/c1-9(6-13)7-14(2)12(18)15-3-4-19-8-10(15)5-11(16)17/h9-10H,3-5,7-8H2,1-2H3,(H,16,17). The van der Waals surface area contributed by atoms with E-state index in [4.69, 9.17) is 10.4 Å². The van der Waals surface area contributed by atoms with Gasteiger partial charge in [-0.15, -0.1) is 0 Å². The highest BCUT2D eigenvalue weighted by atomic mass is 32.2. The molecule has 0 saturated carbocycles. The summed E-state index contributed by atoms with van der Waals surface area (Å²) < 4.78 is 0. The number of thioether (sulfide) groups is 1. The third-order valence-corrected chi connectivity index (χ3v) is 4.07. The predicted octanol–water partition coefficient (Wildman–Crippen LogP) is 1.09. The summed E-state index contributed by atoms with van der Waals surface area (Å²) in [6.45, 7) is 2.68. The lowest BCUT2D eigenvalue weighted by Crippen LogP contribution is -2.52. The van der Waals surface area contributed by atoms with E-state index >= 15 is 0 Å². The van der Waals surface area contributed by atoms with Crippen molar-refractivity contribution in [3.8, 4) is 6.07 Å². The van der Waals surface area contributed by atoms with E-state index in [9.17, 15) is 9.59 Å². The van der Waals surface area contributed by atoms with Crippen LogP contribution in [0.2, 0.25) is 0 Å². The van der Waals surface area contributed by atoms with E-state index in [0.717, 1.165) is 5.75 Å². The van der Waals surface area contributed by atoms with Gasteiger partial charge in [0, 0.05) is 31.6 Å². The molecule has 2 amide bonds. The molecule has 2 atom stereocenters. The molecule has 106 valence electrons. The van der Waals surface area contributed by atoms with Gasteiger partial charge >= 0.3 is 12.0 Å². The maximum absolute atomic E-state index is 12.3. The zero-order valence-electron chi connectivity index (χ0n) is 11.2. The minimum absolute atomic E-state index is 0.0274. The van der Waals surface area contributed by atoms with Crippen LogP contribution in [0.25, 0.3) is 0 Å². The van der Waals surface area contributed by atoms with Crippen LogP contribution in [0.3, 0.4) is 0 Å². The van der Waals surface area contributed by atoms with Crippen molar-refractivity contribution in [2.45, 2.75) is 19.4 Å². The third-order valence-electron chi connectivity index (χ3n) is 2.98. The highest BCUT2D eigenvalue weighted by Gasteiger charge is 2.30. The Bertz CT molecular complexity index is 383. The number of hydrogen-bond acceptors (Lipinski definition) is 4. The van der Waals surface area contributed by atoms with Crippen LogP contribution in [0.15, 0.2) is 0 Å². The van der Waals surface area contributed by atoms with E-state index in [1.165, 1.54) is 4.90 Å². The Morgan fingerprint density at radius 2 is 2.32 bits per heavy atom.